The van der Waals surface area contributed by atoms with Crippen molar-refractivity contribution in [1.82, 2.24) is 20.6 Å². The minimum atomic E-state index is 0.796. The Morgan fingerprint density at radius 3 is 2.62 bits per heavy atom. The van der Waals surface area contributed by atoms with E-state index in [-0.39, 0.29) is 0 Å². The highest BCUT2D eigenvalue weighted by Crippen LogP contribution is 2.10. The average Bonchev–Trinajstić information content (AvgIpc) is 3.09. The van der Waals surface area contributed by atoms with Gasteiger partial charge in [-0.05, 0) is 37.5 Å². The Bertz CT molecular complexity index is 790. The summed E-state index contributed by atoms with van der Waals surface area (Å²) in [5.74, 6) is 1.87. The Morgan fingerprint density at radius 2 is 1.81 bits per heavy atom. The van der Waals surface area contributed by atoms with Gasteiger partial charge in [0.2, 0.25) is 0 Å². The van der Waals surface area contributed by atoms with Crippen LogP contribution in [0.15, 0.2) is 59.6 Å². The topological polar surface area (TPSA) is 65.1 Å². The van der Waals surface area contributed by atoms with Crippen LogP contribution < -0.4 is 10.6 Å². The summed E-state index contributed by atoms with van der Waals surface area (Å²) in [5.41, 5.74) is 3.47. The monoisotopic (exact) mass is 349 g/mol. The molecular formula is C21H27N5. The Morgan fingerprint density at radius 1 is 1.00 bits per heavy atom. The maximum atomic E-state index is 4.67. The largest absolute Gasteiger partial charge is 0.357 e. The second-order valence-electron chi connectivity index (χ2n) is 6.23. The number of aryl methyl sites for hydroxylation is 1. The van der Waals surface area contributed by atoms with Crippen LogP contribution in [-0.2, 0) is 12.8 Å². The number of fused-ring (bicyclic) bond motifs is 1. The highest BCUT2D eigenvalue weighted by atomic mass is 15.2. The zero-order chi connectivity index (χ0) is 18.0. The van der Waals surface area contributed by atoms with Gasteiger partial charge in [0.1, 0.15) is 5.82 Å². The molecule has 3 N–H and O–H groups in total. The molecule has 0 radical (unpaired) electrons. The van der Waals surface area contributed by atoms with Crippen LogP contribution in [-0.4, -0.2) is 35.6 Å². The third-order valence-electron chi connectivity index (χ3n) is 4.17. The molecule has 0 fully saturated rings. The molecule has 5 nitrogen and oxygen atoms in total. The Kier molecular flexibility index (Phi) is 6.65. The lowest BCUT2D eigenvalue weighted by Gasteiger charge is -2.10. The Labute approximate surface area is 155 Å². The first-order valence-electron chi connectivity index (χ1n) is 9.35. The molecule has 0 atom stereocenters. The first kappa shape index (κ1) is 18.0. The highest BCUT2D eigenvalue weighted by molar-refractivity contribution is 5.79. The van der Waals surface area contributed by atoms with Crippen molar-refractivity contribution in [3.63, 3.8) is 0 Å². The number of imidazole rings is 1. The number of guanidine groups is 1. The van der Waals surface area contributed by atoms with Gasteiger partial charge in [-0.15, -0.1) is 0 Å². The second kappa shape index (κ2) is 9.61. The van der Waals surface area contributed by atoms with Gasteiger partial charge in [0, 0.05) is 26.1 Å². The number of hydrogen-bond acceptors (Lipinski definition) is 2. The van der Waals surface area contributed by atoms with Gasteiger partial charge in [-0.25, -0.2) is 4.98 Å². The fourth-order valence-electron chi connectivity index (χ4n) is 2.88. The molecule has 0 spiro atoms. The van der Waals surface area contributed by atoms with Gasteiger partial charge in [0.25, 0.3) is 0 Å². The van der Waals surface area contributed by atoms with Gasteiger partial charge in [0.05, 0.1) is 11.0 Å². The highest BCUT2D eigenvalue weighted by Gasteiger charge is 2.03. The molecule has 3 rings (SSSR count). The van der Waals surface area contributed by atoms with E-state index in [0.29, 0.717) is 0 Å². The molecule has 0 saturated heterocycles. The zero-order valence-corrected chi connectivity index (χ0v) is 15.3. The van der Waals surface area contributed by atoms with Crippen molar-refractivity contribution in [1.29, 1.82) is 0 Å². The van der Waals surface area contributed by atoms with Crippen LogP contribution in [0.1, 0.15) is 24.7 Å². The molecule has 2 aromatic carbocycles. The third-order valence-corrected chi connectivity index (χ3v) is 4.17. The van der Waals surface area contributed by atoms with E-state index in [9.17, 15) is 0 Å². The van der Waals surface area contributed by atoms with Crippen molar-refractivity contribution in [3.8, 4) is 0 Å². The van der Waals surface area contributed by atoms with Crippen molar-refractivity contribution in [2.24, 2.45) is 4.99 Å². The van der Waals surface area contributed by atoms with Crippen LogP contribution in [0.4, 0.5) is 0 Å². The molecule has 0 amide bonds. The molecule has 0 aliphatic carbocycles. The molecule has 5 heteroatoms. The lowest BCUT2D eigenvalue weighted by Crippen LogP contribution is -2.38. The van der Waals surface area contributed by atoms with E-state index in [1.54, 1.807) is 0 Å². The third kappa shape index (κ3) is 5.34. The van der Waals surface area contributed by atoms with Gasteiger partial charge in [-0.1, -0.05) is 42.5 Å². The molecule has 3 aromatic rings. The van der Waals surface area contributed by atoms with Crippen molar-refractivity contribution < 1.29 is 0 Å². The zero-order valence-electron chi connectivity index (χ0n) is 15.3. The maximum Gasteiger partial charge on any atom is 0.191 e. The number of nitrogens with one attached hydrogen (secondary N) is 3. The molecule has 0 saturated carbocycles. The van der Waals surface area contributed by atoms with E-state index in [1.807, 2.05) is 18.2 Å². The normalized spacial score (nSPS) is 11.7. The molecular weight excluding hydrogens is 322 g/mol. The number of para-hydroxylation sites is 2. The number of aliphatic imine (C=N–C) groups is 1. The van der Waals surface area contributed by atoms with E-state index >= 15 is 0 Å². The first-order valence-corrected chi connectivity index (χ1v) is 9.35. The molecule has 136 valence electrons. The van der Waals surface area contributed by atoms with Crippen molar-refractivity contribution >= 4 is 17.0 Å². The Balaban J connectivity index is 1.45. The number of benzene rings is 2. The predicted molar refractivity (Wildman–Crippen MR) is 109 cm³/mol. The minimum absolute atomic E-state index is 0.796. The van der Waals surface area contributed by atoms with Gasteiger partial charge >= 0.3 is 0 Å². The molecule has 1 aromatic heterocycles. The number of nitrogens with zero attached hydrogens (tertiary/aromatic N) is 2. The van der Waals surface area contributed by atoms with Crippen LogP contribution in [0.25, 0.3) is 11.0 Å². The van der Waals surface area contributed by atoms with Gasteiger partial charge < -0.3 is 15.6 Å². The Hall–Kier alpha value is -2.82. The summed E-state index contributed by atoms with van der Waals surface area (Å²) < 4.78 is 0. The summed E-state index contributed by atoms with van der Waals surface area (Å²) in [6.45, 7) is 4.55. The van der Waals surface area contributed by atoms with E-state index < -0.39 is 0 Å². The van der Waals surface area contributed by atoms with E-state index in [1.165, 1.54) is 5.56 Å². The second-order valence-corrected chi connectivity index (χ2v) is 6.23. The fourth-order valence-corrected chi connectivity index (χ4v) is 2.88. The number of rotatable bonds is 8. The van der Waals surface area contributed by atoms with E-state index in [0.717, 1.165) is 61.7 Å². The molecule has 26 heavy (non-hydrogen) atoms. The molecule has 0 aliphatic heterocycles. The van der Waals surface area contributed by atoms with E-state index in [2.05, 4.69) is 68.9 Å². The first-order chi connectivity index (χ1) is 12.8. The minimum Gasteiger partial charge on any atom is -0.357 e. The quantitative estimate of drug-likeness (QED) is 0.332. The number of aromatic amines is 1. The predicted octanol–water partition coefficient (Wildman–Crippen LogP) is 3.29. The SMILES string of the molecule is CCNC(=NCCCc1ccccc1)NCCc1nc2ccccc2[nH]1. The number of hydrogen-bond donors (Lipinski definition) is 3. The standard InChI is InChI=1S/C21H27N5/c1-2-22-21(23-15-8-11-17-9-4-3-5-10-17)24-16-14-20-25-18-12-6-7-13-19(18)26-20/h3-7,9-10,12-13H,2,8,11,14-16H2,1H3,(H,25,26)(H2,22,23,24). The molecule has 0 unspecified atom stereocenters. The van der Waals surface area contributed by atoms with Crippen molar-refractivity contribution in [3.05, 3.63) is 66.0 Å². The number of H-pyrrole nitrogens is 1. The van der Waals surface area contributed by atoms with Crippen molar-refractivity contribution in [2.45, 2.75) is 26.2 Å². The summed E-state index contributed by atoms with van der Waals surface area (Å²) in [6.07, 6.45) is 2.94. The lowest BCUT2D eigenvalue weighted by atomic mass is 10.1. The lowest BCUT2D eigenvalue weighted by molar-refractivity contribution is 0.765. The molecule has 0 aliphatic rings. The molecule has 1 heterocycles. The van der Waals surface area contributed by atoms with Crippen molar-refractivity contribution in [2.75, 3.05) is 19.6 Å². The van der Waals surface area contributed by atoms with E-state index in [4.69, 9.17) is 0 Å². The van der Waals surface area contributed by atoms with Crippen LogP contribution in [0.3, 0.4) is 0 Å². The summed E-state index contributed by atoms with van der Waals surface area (Å²) in [6, 6.07) is 18.7. The van der Waals surface area contributed by atoms with Crippen LogP contribution >= 0.6 is 0 Å². The van der Waals surface area contributed by atoms with Gasteiger partial charge in [-0.2, -0.15) is 0 Å². The summed E-state index contributed by atoms with van der Waals surface area (Å²) in [4.78, 5) is 12.6. The summed E-state index contributed by atoms with van der Waals surface area (Å²) >= 11 is 0. The van der Waals surface area contributed by atoms with Crippen LogP contribution in [0, 0.1) is 0 Å². The van der Waals surface area contributed by atoms with Gasteiger partial charge in [-0.3, -0.25) is 4.99 Å². The average molecular weight is 349 g/mol. The van der Waals surface area contributed by atoms with Gasteiger partial charge in [0.15, 0.2) is 5.96 Å². The fraction of sp³-hybridized carbons (Fsp3) is 0.333. The van der Waals surface area contributed by atoms with Crippen LogP contribution in [0.2, 0.25) is 0 Å². The number of aromatic nitrogens is 2. The summed E-state index contributed by atoms with van der Waals surface area (Å²) in [7, 11) is 0. The molecule has 0 bridgehead atoms. The smallest absolute Gasteiger partial charge is 0.191 e. The maximum absolute atomic E-state index is 4.67. The summed E-state index contributed by atoms with van der Waals surface area (Å²) in [5, 5.41) is 6.69. The van der Waals surface area contributed by atoms with Crippen LogP contribution in [0.5, 0.6) is 0 Å².